The van der Waals surface area contributed by atoms with E-state index in [0.717, 1.165) is 6.42 Å². The summed E-state index contributed by atoms with van der Waals surface area (Å²) >= 11 is 0. The van der Waals surface area contributed by atoms with E-state index in [-0.39, 0.29) is 19.3 Å². The zero-order valence-corrected chi connectivity index (χ0v) is 17.4. The molecule has 0 amide bonds. The summed E-state index contributed by atoms with van der Waals surface area (Å²) < 4.78 is 5.72. The van der Waals surface area contributed by atoms with Crippen LogP contribution in [0.25, 0.3) is 0 Å². The Labute approximate surface area is 164 Å². The van der Waals surface area contributed by atoms with Gasteiger partial charge in [-0.25, -0.2) is 0 Å². The van der Waals surface area contributed by atoms with E-state index in [1.54, 1.807) is 0 Å². The minimum atomic E-state index is -0.923. The van der Waals surface area contributed by atoms with Crippen LogP contribution in [0, 0.1) is 0 Å². The summed E-state index contributed by atoms with van der Waals surface area (Å²) in [6.45, 7) is 2.19. The second kappa shape index (κ2) is 14.4. The molecule has 0 fully saturated rings. The molecule has 0 bridgehead atoms. The summed E-state index contributed by atoms with van der Waals surface area (Å²) in [5, 5.41) is 18.8. The first-order valence-corrected chi connectivity index (χ1v) is 9.89. The molecule has 0 aliphatic carbocycles. The fraction of sp³-hybridized carbons (Fsp3) is 0.714. The molecule has 0 aliphatic heterocycles. The van der Waals surface area contributed by atoms with Crippen LogP contribution >= 0.6 is 0 Å². The Morgan fingerprint density at radius 1 is 1.07 bits per heavy atom. The Hall–Kier alpha value is -1.66. The molecule has 0 radical (unpaired) electrons. The van der Waals surface area contributed by atoms with Crippen molar-refractivity contribution >= 4 is 11.9 Å². The molecule has 156 valence electrons. The maximum Gasteiger partial charge on any atom is 0.312 e. The normalized spacial score (nSPS) is 14.6. The van der Waals surface area contributed by atoms with Crippen LogP contribution in [0.1, 0.15) is 64.7 Å². The lowest BCUT2D eigenvalue weighted by Gasteiger charge is -2.33. The number of carboxylic acids is 1. The summed E-state index contributed by atoms with van der Waals surface area (Å²) in [4.78, 5) is 22.8. The monoisotopic (exact) mass is 384 g/mol. The van der Waals surface area contributed by atoms with Crippen LogP contribution in [0.5, 0.6) is 0 Å². The number of aliphatic carboxylic acids is 1. The third-order valence-corrected chi connectivity index (χ3v) is 4.15. The largest absolute Gasteiger partial charge is 0.481 e. The van der Waals surface area contributed by atoms with Crippen molar-refractivity contribution in [2.45, 2.75) is 77.0 Å². The molecule has 0 rings (SSSR count). The van der Waals surface area contributed by atoms with E-state index in [1.165, 1.54) is 25.7 Å². The third kappa shape index (κ3) is 15.1. The number of aliphatic hydroxyl groups is 1. The molecule has 6 nitrogen and oxygen atoms in total. The minimum Gasteiger partial charge on any atom is -0.481 e. The molecule has 0 heterocycles. The Morgan fingerprint density at radius 2 is 1.74 bits per heavy atom. The van der Waals surface area contributed by atoms with Crippen LogP contribution in [0.4, 0.5) is 0 Å². The number of allylic oxidation sites excluding steroid dienone is 3. The smallest absolute Gasteiger partial charge is 0.312 e. The number of carboxylic acid groups (broad SMARTS) is 1. The SMILES string of the molecule is CCCCCC/C=C/C=C/CC(O)CC(=O)O[C@@H](CCC(=O)O)[N+](C)(C)C. The van der Waals surface area contributed by atoms with Gasteiger partial charge < -0.3 is 14.9 Å². The van der Waals surface area contributed by atoms with Gasteiger partial charge in [-0.3, -0.25) is 14.1 Å². The number of quaternary nitrogens is 1. The van der Waals surface area contributed by atoms with Crippen molar-refractivity contribution in [2.75, 3.05) is 21.1 Å². The van der Waals surface area contributed by atoms with Crippen LogP contribution in [-0.4, -0.2) is 60.1 Å². The van der Waals surface area contributed by atoms with E-state index < -0.39 is 24.3 Å². The molecule has 0 aromatic heterocycles. The predicted molar refractivity (Wildman–Crippen MR) is 107 cm³/mol. The summed E-state index contributed by atoms with van der Waals surface area (Å²) in [7, 11) is 5.52. The van der Waals surface area contributed by atoms with Crippen LogP contribution in [0.3, 0.4) is 0 Å². The van der Waals surface area contributed by atoms with Gasteiger partial charge in [0.05, 0.1) is 40.1 Å². The van der Waals surface area contributed by atoms with Gasteiger partial charge in [0, 0.05) is 6.42 Å². The maximum absolute atomic E-state index is 12.0. The number of carbonyl (C=O) groups excluding carboxylic acids is 1. The van der Waals surface area contributed by atoms with Crippen LogP contribution < -0.4 is 0 Å². The van der Waals surface area contributed by atoms with Crippen molar-refractivity contribution in [1.29, 1.82) is 0 Å². The Morgan fingerprint density at radius 3 is 2.33 bits per heavy atom. The average Bonchev–Trinajstić information content (AvgIpc) is 2.55. The van der Waals surface area contributed by atoms with E-state index >= 15 is 0 Å². The van der Waals surface area contributed by atoms with E-state index in [4.69, 9.17) is 9.84 Å². The summed E-state index contributed by atoms with van der Waals surface area (Å²) in [5.41, 5.74) is 0. The van der Waals surface area contributed by atoms with Gasteiger partial charge in [0.15, 0.2) is 0 Å². The molecule has 1 unspecified atom stereocenters. The third-order valence-electron chi connectivity index (χ3n) is 4.15. The maximum atomic E-state index is 12.0. The minimum absolute atomic E-state index is 0.0659. The zero-order chi connectivity index (χ0) is 20.7. The van der Waals surface area contributed by atoms with Crippen molar-refractivity contribution in [2.24, 2.45) is 0 Å². The molecule has 0 aromatic carbocycles. The second-order valence-electron chi connectivity index (χ2n) is 7.79. The highest BCUT2D eigenvalue weighted by Crippen LogP contribution is 2.14. The van der Waals surface area contributed by atoms with Gasteiger partial charge in [-0.2, -0.15) is 0 Å². The molecule has 0 aromatic rings. The molecule has 0 saturated heterocycles. The van der Waals surface area contributed by atoms with Gasteiger partial charge in [0.2, 0.25) is 6.23 Å². The lowest BCUT2D eigenvalue weighted by atomic mass is 10.1. The topological polar surface area (TPSA) is 83.8 Å². The standard InChI is InChI=1S/C21H37NO5/c1-5-6-7-8-9-10-11-12-13-14-18(23)17-21(26)27-19(22(2,3)4)15-16-20(24)25/h10-13,18-19,23H,5-9,14-17H2,1-4H3/p+1/b11-10+,13-12+/t18?,19-/m0/s1. The zero-order valence-electron chi connectivity index (χ0n) is 17.4. The van der Waals surface area contributed by atoms with Gasteiger partial charge in [-0.15, -0.1) is 0 Å². The van der Waals surface area contributed by atoms with E-state index in [9.17, 15) is 14.7 Å². The fourth-order valence-electron chi connectivity index (χ4n) is 2.50. The fourth-order valence-corrected chi connectivity index (χ4v) is 2.50. The Balaban J connectivity index is 4.18. The first-order chi connectivity index (χ1) is 12.7. The number of hydrogen-bond donors (Lipinski definition) is 2. The molecule has 0 aliphatic rings. The number of nitrogens with zero attached hydrogens (tertiary/aromatic N) is 1. The number of ether oxygens (including phenoxy) is 1. The van der Waals surface area contributed by atoms with E-state index in [0.29, 0.717) is 10.9 Å². The number of esters is 1. The summed E-state index contributed by atoms with van der Waals surface area (Å²) in [5.74, 6) is -1.43. The van der Waals surface area contributed by atoms with Crippen LogP contribution in [0.2, 0.25) is 0 Å². The molecule has 2 N–H and O–H groups in total. The van der Waals surface area contributed by atoms with Crippen molar-refractivity contribution in [3.63, 3.8) is 0 Å². The number of hydrogen-bond acceptors (Lipinski definition) is 4. The molecule has 0 spiro atoms. The summed E-state index contributed by atoms with van der Waals surface area (Å²) in [6.07, 6.45) is 12.9. The highest BCUT2D eigenvalue weighted by molar-refractivity contribution is 5.70. The van der Waals surface area contributed by atoms with E-state index in [2.05, 4.69) is 13.0 Å². The van der Waals surface area contributed by atoms with Crippen molar-refractivity contribution in [1.82, 2.24) is 0 Å². The first kappa shape index (κ1) is 25.3. The Kier molecular flexibility index (Phi) is 13.5. The van der Waals surface area contributed by atoms with Gasteiger partial charge in [-0.05, 0) is 19.3 Å². The quantitative estimate of drug-likeness (QED) is 0.148. The number of unbranched alkanes of at least 4 members (excludes halogenated alkanes) is 4. The van der Waals surface area contributed by atoms with Gasteiger partial charge in [0.1, 0.15) is 0 Å². The highest BCUT2D eigenvalue weighted by atomic mass is 16.6. The van der Waals surface area contributed by atoms with Crippen LogP contribution in [-0.2, 0) is 14.3 Å². The van der Waals surface area contributed by atoms with Gasteiger partial charge >= 0.3 is 11.9 Å². The van der Waals surface area contributed by atoms with Gasteiger partial charge in [0.25, 0.3) is 0 Å². The molecule has 6 heteroatoms. The molecule has 2 atom stereocenters. The lowest BCUT2D eigenvalue weighted by molar-refractivity contribution is -0.917. The highest BCUT2D eigenvalue weighted by Gasteiger charge is 2.28. The Bertz CT molecular complexity index is 479. The number of rotatable bonds is 15. The van der Waals surface area contributed by atoms with Gasteiger partial charge in [-0.1, -0.05) is 50.5 Å². The lowest BCUT2D eigenvalue weighted by Crippen LogP contribution is -2.48. The number of aliphatic hydroxyl groups excluding tert-OH is 1. The second-order valence-corrected chi connectivity index (χ2v) is 7.79. The molecular formula is C21H38NO5+. The molecule has 27 heavy (non-hydrogen) atoms. The van der Waals surface area contributed by atoms with Crippen molar-refractivity contribution in [3.05, 3.63) is 24.3 Å². The predicted octanol–water partition coefficient (Wildman–Crippen LogP) is 3.65. The van der Waals surface area contributed by atoms with Crippen molar-refractivity contribution < 1.29 is 29.0 Å². The molecule has 0 saturated carbocycles. The average molecular weight is 385 g/mol. The van der Waals surface area contributed by atoms with Crippen LogP contribution in [0.15, 0.2) is 24.3 Å². The number of carbonyl (C=O) groups is 2. The van der Waals surface area contributed by atoms with E-state index in [1.807, 2.05) is 39.4 Å². The van der Waals surface area contributed by atoms with Crippen molar-refractivity contribution in [3.8, 4) is 0 Å². The molecular weight excluding hydrogens is 346 g/mol. The first-order valence-electron chi connectivity index (χ1n) is 9.89. The summed E-state index contributed by atoms with van der Waals surface area (Å²) in [6, 6.07) is 0.